The molecule has 10 nitrogen and oxygen atoms in total. The van der Waals surface area contributed by atoms with Gasteiger partial charge in [-0.25, -0.2) is 0 Å². The molecule has 5 amide bonds. The van der Waals surface area contributed by atoms with E-state index in [1.807, 2.05) is 85.7 Å². The van der Waals surface area contributed by atoms with Crippen molar-refractivity contribution in [2.75, 3.05) is 14.1 Å². The van der Waals surface area contributed by atoms with Crippen LogP contribution in [-0.4, -0.2) is 83.6 Å². The molecule has 0 saturated carbocycles. The van der Waals surface area contributed by atoms with Gasteiger partial charge in [-0.1, -0.05) is 85.7 Å². The molecular formula is C34H55N5O5. The molecule has 0 aromatic heterocycles. The molecule has 5 atom stereocenters. The molecule has 1 aromatic carbocycles. The van der Waals surface area contributed by atoms with Crippen molar-refractivity contribution in [3.05, 3.63) is 35.9 Å². The Morgan fingerprint density at radius 2 is 1.05 bits per heavy atom. The van der Waals surface area contributed by atoms with E-state index in [0.29, 0.717) is 19.3 Å². The van der Waals surface area contributed by atoms with Gasteiger partial charge in [0.2, 0.25) is 29.5 Å². The second-order valence-electron chi connectivity index (χ2n) is 13.9. The Morgan fingerprint density at radius 3 is 1.50 bits per heavy atom. The lowest BCUT2D eigenvalue weighted by Crippen LogP contribution is -2.59. The minimum atomic E-state index is -0.979. The Bertz CT molecular complexity index is 1140. The molecule has 0 unspecified atom stereocenters. The smallest absolute Gasteiger partial charge is 0.245 e. The Balaban J connectivity index is 2.72. The van der Waals surface area contributed by atoms with Crippen LogP contribution in [0.25, 0.3) is 0 Å². The molecule has 44 heavy (non-hydrogen) atoms. The first kappa shape index (κ1) is 36.8. The van der Waals surface area contributed by atoms with E-state index >= 15 is 0 Å². The van der Waals surface area contributed by atoms with Gasteiger partial charge in [-0.3, -0.25) is 24.0 Å². The largest absolute Gasteiger partial charge is 0.343 e. The lowest BCUT2D eigenvalue weighted by Gasteiger charge is -2.35. The third-order valence-corrected chi connectivity index (χ3v) is 8.09. The summed E-state index contributed by atoms with van der Waals surface area (Å²) in [6.45, 7) is 15.4. The molecule has 1 aliphatic rings. The molecule has 1 saturated heterocycles. The van der Waals surface area contributed by atoms with E-state index in [1.54, 1.807) is 14.1 Å². The number of benzene rings is 1. The van der Waals surface area contributed by atoms with Crippen LogP contribution in [0.15, 0.2) is 30.3 Å². The van der Waals surface area contributed by atoms with Crippen molar-refractivity contribution in [3.63, 3.8) is 0 Å². The summed E-state index contributed by atoms with van der Waals surface area (Å²) in [4.78, 5) is 72.5. The van der Waals surface area contributed by atoms with E-state index in [4.69, 9.17) is 0 Å². The third kappa shape index (κ3) is 10.3. The van der Waals surface area contributed by atoms with Gasteiger partial charge in [0.25, 0.3) is 0 Å². The normalized spacial score (nSPS) is 24.9. The van der Waals surface area contributed by atoms with Crippen molar-refractivity contribution in [1.82, 2.24) is 25.8 Å². The Labute approximate surface area is 264 Å². The van der Waals surface area contributed by atoms with Gasteiger partial charge < -0.3 is 25.8 Å². The predicted octanol–water partition coefficient (Wildman–Crippen LogP) is 3.15. The molecular weight excluding hydrogens is 558 g/mol. The Morgan fingerprint density at radius 1 is 0.591 bits per heavy atom. The van der Waals surface area contributed by atoms with Gasteiger partial charge in [0.1, 0.15) is 30.2 Å². The van der Waals surface area contributed by atoms with Crippen LogP contribution < -0.4 is 16.0 Å². The number of hydrogen-bond donors (Lipinski definition) is 3. The van der Waals surface area contributed by atoms with Gasteiger partial charge in [-0.15, -0.1) is 0 Å². The quantitative estimate of drug-likeness (QED) is 0.394. The molecule has 2 rings (SSSR count). The van der Waals surface area contributed by atoms with Crippen LogP contribution in [0, 0.1) is 23.7 Å². The summed E-state index contributed by atoms with van der Waals surface area (Å²) >= 11 is 0. The average Bonchev–Trinajstić information content (AvgIpc) is 2.94. The molecule has 1 fully saturated rings. The summed E-state index contributed by atoms with van der Waals surface area (Å²) in [7, 11) is 3.14. The SMILES string of the molecule is CC(C)C[C@@H]1C(=O)N[C@H](CC(C)C)C(=O)N[C@H](C(C)C)C(=O)N(C)[C@H](CC(C)C)C(=O)N[C@H](Cc2ccccc2)C(=O)N1C. The second-order valence-corrected chi connectivity index (χ2v) is 13.9. The highest BCUT2D eigenvalue weighted by atomic mass is 16.2. The van der Waals surface area contributed by atoms with Crippen LogP contribution >= 0.6 is 0 Å². The fraction of sp³-hybridized carbons (Fsp3) is 0.676. The van der Waals surface area contributed by atoms with E-state index in [0.717, 1.165) is 5.56 Å². The fourth-order valence-corrected chi connectivity index (χ4v) is 5.60. The molecule has 1 heterocycles. The molecule has 3 N–H and O–H groups in total. The monoisotopic (exact) mass is 613 g/mol. The highest BCUT2D eigenvalue weighted by Crippen LogP contribution is 2.19. The van der Waals surface area contributed by atoms with Crippen molar-refractivity contribution < 1.29 is 24.0 Å². The highest BCUT2D eigenvalue weighted by Gasteiger charge is 2.39. The van der Waals surface area contributed by atoms with Crippen LogP contribution in [0.2, 0.25) is 0 Å². The summed E-state index contributed by atoms with van der Waals surface area (Å²) in [5, 5.41) is 8.76. The number of carbonyl (C=O) groups is 5. The van der Waals surface area contributed by atoms with Gasteiger partial charge in [0.05, 0.1) is 0 Å². The van der Waals surface area contributed by atoms with Gasteiger partial charge >= 0.3 is 0 Å². The summed E-state index contributed by atoms with van der Waals surface area (Å²) < 4.78 is 0. The van der Waals surface area contributed by atoms with Gasteiger partial charge in [0.15, 0.2) is 0 Å². The zero-order valence-electron chi connectivity index (χ0n) is 28.3. The zero-order valence-corrected chi connectivity index (χ0v) is 28.3. The molecule has 0 aliphatic carbocycles. The highest BCUT2D eigenvalue weighted by molar-refractivity contribution is 5.98. The molecule has 10 heteroatoms. The number of nitrogens with one attached hydrogen (secondary N) is 3. The second kappa shape index (κ2) is 16.6. The lowest BCUT2D eigenvalue weighted by atomic mass is 9.97. The predicted molar refractivity (Wildman–Crippen MR) is 172 cm³/mol. The summed E-state index contributed by atoms with van der Waals surface area (Å²) in [5.41, 5.74) is 0.846. The maximum Gasteiger partial charge on any atom is 0.245 e. The maximum atomic E-state index is 14.2. The topological polar surface area (TPSA) is 128 Å². The first-order chi connectivity index (χ1) is 20.5. The van der Waals surface area contributed by atoms with E-state index in [2.05, 4.69) is 16.0 Å². The van der Waals surface area contributed by atoms with E-state index in [9.17, 15) is 24.0 Å². The van der Waals surface area contributed by atoms with Crippen LogP contribution in [0.3, 0.4) is 0 Å². The minimum Gasteiger partial charge on any atom is -0.343 e. The van der Waals surface area contributed by atoms with Crippen LogP contribution in [0.5, 0.6) is 0 Å². The van der Waals surface area contributed by atoms with Gasteiger partial charge in [-0.2, -0.15) is 0 Å². The van der Waals surface area contributed by atoms with Crippen LogP contribution in [0.1, 0.15) is 80.2 Å². The molecule has 246 valence electrons. The Hall–Kier alpha value is -3.43. The van der Waals surface area contributed by atoms with Crippen molar-refractivity contribution in [2.24, 2.45) is 23.7 Å². The van der Waals surface area contributed by atoms with Crippen molar-refractivity contribution in [2.45, 2.75) is 111 Å². The van der Waals surface area contributed by atoms with E-state index in [-0.39, 0.29) is 30.1 Å². The number of amides is 5. The summed E-state index contributed by atoms with van der Waals surface area (Å²) in [6, 6.07) is 4.83. The average molecular weight is 614 g/mol. The summed E-state index contributed by atoms with van der Waals surface area (Å²) in [5.74, 6) is -2.27. The standard InChI is InChI=1S/C34H55N5O5/c1-20(2)16-25-30(40)37-29(23(7)8)34(44)39(10)28(18-22(5)6)32(42)36-26(19-24-14-12-11-13-15-24)33(43)38(9)27(17-21(3)4)31(41)35-25/h11-15,20-23,25-29H,16-19H2,1-10H3,(H,35,41)(H,36,42)(H,37,40)/t25-,26-,27-,28-,29-/m1/s1. The van der Waals surface area contributed by atoms with Gasteiger partial charge in [-0.05, 0) is 48.5 Å². The van der Waals surface area contributed by atoms with Crippen molar-refractivity contribution >= 4 is 29.5 Å². The zero-order chi connectivity index (χ0) is 33.3. The number of nitrogens with zero attached hydrogens (tertiary/aromatic N) is 2. The molecule has 0 radical (unpaired) electrons. The minimum absolute atomic E-state index is 0.0637. The van der Waals surface area contributed by atoms with Crippen LogP contribution in [0.4, 0.5) is 0 Å². The lowest BCUT2D eigenvalue weighted by molar-refractivity contribution is -0.145. The first-order valence-electron chi connectivity index (χ1n) is 16.0. The van der Waals surface area contributed by atoms with Gasteiger partial charge in [0, 0.05) is 20.5 Å². The third-order valence-electron chi connectivity index (χ3n) is 8.09. The molecule has 0 spiro atoms. The maximum absolute atomic E-state index is 14.2. The number of likely N-dealkylation sites (N-methyl/N-ethyl adjacent to an activating group) is 2. The summed E-state index contributed by atoms with van der Waals surface area (Å²) in [6.07, 6.45) is 1.29. The fourth-order valence-electron chi connectivity index (χ4n) is 5.60. The number of hydrogen-bond acceptors (Lipinski definition) is 5. The first-order valence-corrected chi connectivity index (χ1v) is 16.0. The van der Waals surface area contributed by atoms with E-state index < -0.39 is 59.7 Å². The van der Waals surface area contributed by atoms with Crippen molar-refractivity contribution in [3.8, 4) is 0 Å². The Kier molecular flexibility index (Phi) is 13.9. The number of carbonyl (C=O) groups excluding carboxylic acids is 5. The van der Waals surface area contributed by atoms with Crippen molar-refractivity contribution in [1.29, 1.82) is 0 Å². The molecule has 0 bridgehead atoms. The number of rotatable bonds is 9. The molecule has 1 aromatic rings. The van der Waals surface area contributed by atoms with E-state index in [1.165, 1.54) is 9.80 Å². The van der Waals surface area contributed by atoms with Crippen LogP contribution in [-0.2, 0) is 30.4 Å². The molecule has 1 aliphatic heterocycles.